The molecule has 0 radical (unpaired) electrons. The average molecular weight is 510 g/mol. The first kappa shape index (κ1) is 23.6. The fourth-order valence-corrected chi connectivity index (χ4v) is 8.21. The van der Waals surface area contributed by atoms with Crippen LogP contribution in [0.5, 0.6) is 0 Å². The second-order valence-electron chi connectivity index (χ2n) is 8.54. The molecule has 3 aromatic rings. The van der Waals surface area contributed by atoms with Crippen LogP contribution in [0, 0.1) is 20.8 Å². The van der Waals surface area contributed by atoms with Gasteiger partial charge >= 0.3 is 0 Å². The molecule has 0 spiro atoms. The highest BCUT2D eigenvalue weighted by Gasteiger charge is 2.34. The lowest BCUT2D eigenvalue weighted by Gasteiger charge is -2.32. The minimum atomic E-state index is -3.36. The molecule has 2 heterocycles. The molecule has 170 valence electrons. The summed E-state index contributed by atoms with van der Waals surface area (Å²) in [5.41, 5.74) is 4.76. The summed E-state index contributed by atoms with van der Waals surface area (Å²) in [7, 11) is -3.36. The van der Waals surface area contributed by atoms with E-state index in [1.807, 2.05) is 50.4 Å². The van der Waals surface area contributed by atoms with Crippen molar-refractivity contribution < 1.29 is 8.42 Å². The van der Waals surface area contributed by atoms with Gasteiger partial charge in [-0.15, -0.1) is 11.3 Å². The van der Waals surface area contributed by atoms with E-state index in [2.05, 4.69) is 4.90 Å². The molecule has 0 bridgehead atoms. The van der Waals surface area contributed by atoms with Crippen molar-refractivity contribution in [2.75, 3.05) is 18.0 Å². The number of hydrogen-bond acceptors (Lipinski definition) is 5. The van der Waals surface area contributed by atoms with E-state index < -0.39 is 9.84 Å². The van der Waals surface area contributed by atoms with Crippen molar-refractivity contribution in [3.63, 3.8) is 0 Å². The molecule has 2 aromatic carbocycles. The van der Waals surface area contributed by atoms with E-state index in [1.165, 1.54) is 0 Å². The van der Waals surface area contributed by atoms with Crippen molar-refractivity contribution in [1.82, 2.24) is 4.98 Å². The third-order valence-electron chi connectivity index (χ3n) is 5.89. The second kappa shape index (κ2) is 9.34. The molecule has 1 saturated heterocycles. The Morgan fingerprint density at radius 3 is 2.19 bits per heavy atom. The lowest BCUT2D eigenvalue weighted by molar-refractivity contribution is 0.528. The Hall–Kier alpha value is -1.60. The van der Waals surface area contributed by atoms with Crippen molar-refractivity contribution in [2.24, 2.45) is 0 Å². The molecular weight excluding hydrogens is 483 g/mol. The highest BCUT2D eigenvalue weighted by Crippen LogP contribution is 2.32. The number of thiazole rings is 1. The first-order chi connectivity index (χ1) is 15.1. The molecule has 4 rings (SSSR count). The van der Waals surface area contributed by atoms with Crippen LogP contribution in [0.15, 0.2) is 40.6 Å². The Morgan fingerprint density at radius 2 is 1.59 bits per heavy atom. The smallest absolute Gasteiger partial charge is 0.185 e. The van der Waals surface area contributed by atoms with Crippen LogP contribution in [0.2, 0.25) is 10.0 Å². The SMILES string of the molecule is Cc1cc(C)c(S(=O)(=O)C2CCN(c3nc(Cc4cc(Cl)cc(Cl)c4)cs3)CC2)c(C)c1. The van der Waals surface area contributed by atoms with E-state index in [1.54, 1.807) is 17.4 Å². The van der Waals surface area contributed by atoms with Gasteiger partial charge in [0.1, 0.15) is 0 Å². The first-order valence-corrected chi connectivity index (χ1v) is 13.8. The zero-order chi connectivity index (χ0) is 23.0. The third-order valence-corrected chi connectivity index (χ3v) is 9.84. The van der Waals surface area contributed by atoms with Crippen LogP contribution in [0.4, 0.5) is 5.13 Å². The van der Waals surface area contributed by atoms with Crippen molar-refractivity contribution in [3.05, 3.63) is 73.7 Å². The second-order valence-corrected chi connectivity index (χ2v) is 12.4. The number of piperidine rings is 1. The van der Waals surface area contributed by atoms with E-state index in [-0.39, 0.29) is 5.25 Å². The minimum Gasteiger partial charge on any atom is -0.348 e. The number of aryl methyl sites for hydroxylation is 3. The molecule has 0 N–H and O–H groups in total. The van der Waals surface area contributed by atoms with E-state index in [0.29, 0.717) is 47.3 Å². The summed E-state index contributed by atoms with van der Waals surface area (Å²) < 4.78 is 26.8. The molecule has 0 saturated carbocycles. The van der Waals surface area contributed by atoms with Crippen LogP contribution < -0.4 is 4.90 Å². The van der Waals surface area contributed by atoms with Crippen LogP contribution in [-0.2, 0) is 16.3 Å². The van der Waals surface area contributed by atoms with Gasteiger partial charge in [0.15, 0.2) is 15.0 Å². The summed E-state index contributed by atoms with van der Waals surface area (Å²) in [5.74, 6) is 0. The number of nitrogens with zero attached hydrogens (tertiary/aromatic N) is 2. The van der Waals surface area contributed by atoms with Crippen LogP contribution in [0.25, 0.3) is 0 Å². The fraction of sp³-hybridized carbons (Fsp3) is 0.375. The molecule has 1 fully saturated rings. The summed E-state index contributed by atoms with van der Waals surface area (Å²) in [5, 5.41) is 3.86. The number of rotatable bonds is 5. The molecule has 0 aliphatic carbocycles. The quantitative estimate of drug-likeness (QED) is 0.399. The van der Waals surface area contributed by atoms with Gasteiger partial charge in [0.2, 0.25) is 0 Å². The molecule has 1 aliphatic rings. The number of hydrogen-bond donors (Lipinski definition) is 0. The molecule has 1 aliphatic heterocycles. The highest BCUT2D eigenvalue weighted by molar-refractivity contribution is 7.92. The van der Waals surface area contributed by atoms with E-state index in [9.17, 15) is 8.42 Å². The lowest BCUT2D eigenvalue weighted by atomic mass is 10.1. The Morgan fingerprint density at radius 1 is 1.00 bits per heavy atom. The van der Waals surface area contributed by atoms with Crippen LogP contribution in [0.1, 0.15) is 40.8 Å². The Kier molecular flexibility index (Phi) is 6.87. The number of aromatic nitrogens is 1. The normalized spacial score (nSPS) is 15.3. The fourth-order valence-electron chi connectivity index (χ4n) is 4.58. The number of halogens is 2. The third kappa shape index (κ3) is 4.98. The molecule has 0 amide bonds. The summed E-state index contributed by atoms with van der Waals surface area (Å²) in [6.45, 7) is 7.16. The molecule has 8 heteroatoms. The molecule has 4 nitrogen and oxygen atoms in total. The molecule has 1 aromatic heterocycles. The Balaban J connectivity index is 1.44. The zero-order valence-corrected chi connectivity index (χ0v) is 21.5. The standard InChI is InChI=1S/C24H26Cl2N2O2S2/c1-15-8-16(2)23(17(3)9-15)32(29,30)22-4-6-28(7-5-22)24-27-21(14-31-24)12-18-10-19(25)13-20(26)11-18/h8-11,13-14,22H,4-7,12H2,1-3H3. The van der Waals surface area contributed by atoms with Crippen molar-refractivity contribution in [2.45, 2.75) is 50.2 Å². The largest absolute Gasteiger partial charge is 0.348 e. The van der Waals surface area contributed by atoms with E-state index >= 15 is 0 Å². The number of sulfone groups is 1. The van der Waals surface area contributed by atoms with Gasteiger partial charge in [-0.1, -0.05) is 40.9 Å². The van der Waals surface area contributed by atoms with Crippen LogP contribution >= 0.6 is 34.5 Å². The van der Waals surface area contributed by atoms with Gasteiger partial charge in [-0.3, -0.25) is 0 Å². The Bertz CT molecular complexity index is 1200. The van der Waals surface area contributed by atoms with Crippen molar-refractivity contribution in [3.8, 4) is 0 Å². The molecule has 0 atom stereocenters. The summed E-state index contributed by atoms with van der Waals surface area (Å²) in [4.78, 5) is 7.49. The minimum absolute atomic E-state index is 0.355. The maximum absolute atomic E-state index is 13.4. The predicted octanol–water partition coefficient (Wildman–Crippen LogP) is 6.41. The zero-order valence-electron chi connectivity index (χ0n) is 18.4. The first-order valence-electron chi connectivity index (χ1n) is 10.6. The maximum atomic E-state index is 13.4. The van der Waals surface area contributed by atoms with Gasteiger partial charge in [-0.25, -0.2) is 13.4 Å². The van der Waals surface area contributed by atoms with Gasteiger partial charge in [-0.05, 0) is 68.5 Å². The molecule has 0 unspecified atom stereocenters. The highest BCUT2D eigenvalue weighted by atomic mass is 35.5. The van der Waals surface area contributed by atoms with Crippen LogP contribution in [0.3, 0.4) is 0 Å². The topological polar surface area (TPSA) is 50.3 Å². The average Bonchev–Trinajstić information content (AvgIpc) is 3.14. The summed E-state index contributed by atoms with van der Waals surface area (Å²) in [6, 6.07) is 9.44. The monoisotopic (exact) mass is 508 g/mol. The summed E-state index contributed by atoms with van der Waals surface area (Å²) >= 11 is 13.8. The van der Waals surface area contributed by atoms with Crippen molar-refractivity contribution >= 4 is 49.5 Å². The summed E-state index contributed by atoms with van der Waals surface area (Å²) in [6.07, 6.45) is 1.87. The molecule has 32 heavy (non-hydrogen) atoms. The van der Waals surface area contributed by atoms with Gasteiger partial charge in [0, 0.05) is 34.9 Å². The van der Waals surface area contributed by atoms with Crippen molar-refractivity contribution in [1.29, 1.82) is 0 Å². The lowest BCUT2D eigenvalue weighted by Crippen LogP contribution is -2.39. The van der Waals surface area contributed by atoms with E-state index in [4.69, 9.17) is 28.2 Å². The van der Waals surface area contributed by atoms with Gasteiger partial charge in [-0.2, -0.15) is 0 Å². The Labute approximate surface area is 204 Å². The maximum Gasteiger partial charge on any atom is 0.185 e. The predicted molar refractivity (Wildman–Crippen MR) is 134 cm³/mol. The van der Waals surface area contributed by atoms with Gasteiger partial charge in [0.25, 0.3) is 0 Å². The van der Waals surface area contributed by atoms with Crippen LogP contribution in [-0.4, -0.2) is 31.7 Å². The van der Waals surface area contributed by atoms with Gasteiger partial charge in [0.05, 0.1) is 15.8 Å². The van der Waals surface area contributed by atoms with E-state index in [0.717, 1.165) is 33.1 Å². The molecular formula is C24H26Cl2N2O2S2. The number of anilines is 1. The number of benzene rings is 2. The van der Waals surface area contributed by atoms with Gasteiger partial charge < -0.3 is 4.90 Å².